The van der Waals surface area contributed by atoms with Gasteiger partial charge >= 0.3 is 6.09 Å². The van der Waals surface area contributed by atoms with Gasteiger partial charge < -0.3 is 10.1 Å². The van der Waals surface area contributed by atoms with E-state index in [9.17, 15) is 14.9 Å². The summed E-state index contributed by atoms with van der Waals surface area (Å²) in [4.78, 5) is 27.1. The van der Waals surface area contributed by atoms with E-state index in [-0.39, 0.29) is 25.5 Å². The topological polar surface area (TPSA) is 82.4 Å². The van der Waals surface area contributed by atoms with Gasteiger partial charge in [0.1, 0.15) is 12.6 Å². The van der Waals surface area contributed by atoms with E-state index in [0.29, 0.717) is 0 Å². The normalized spacial score (nSPS) is 12.9. The molecule has 1 aliphatic rings. The number of rotatable bonds is 7. The standard InChI is InChI=1S/C29H25N3O3S/c1-2-32(18-30)28(33)26(15-19-17-36-27-14-8-7-9-20(19)27)31-29(34)35-16-25-23-12-5-3-10-21(23)22-11-4-6-13-24(22)25/h3-14,17,25-26H,2,15-16H2,1H3,(H,31,34). The fraction of sp³-hybridized carbons (Fsp3) is 0.207. The maximum atomic E-state index is 13.1. The SMILES string of the molecule is CCN(C#N)C(=O)C(Cc1csc2ccccc12)NC(=O)OCC1c2ccccc2-c2ccccc21. The van der Waals surface area contributed by atoms with Gasteiger partial charge in [-0.15, -0.1) is 11.3 Å². The molecule has 0 radical (unpaired) electrons. The maximum absolute atomic E-state index is 13.1. The molecule has 0 saturated carbocycles. The fourth-order valence-corrected chi connectivity index (χ4v) is 5.83. The van der Waals surface area contributed by atoms with Crippen molar-refractivity contribution in [2.45, 2.75) is 25.3 Å². The first-order valence-electron chi connectivity index (χ1n) is 11.9. The van der Waals surface area contributed by atoms with Crippen LogP contribution < -0.4 is 5.32 Å². The van der Waals surface area contributed by atoms with Gasteiger partial charge in [0.15, 0.2) is 6.19 Å². The highest BCUT2D eigenvalue weighted by Crippen LogP contribution is 2.44. The molecule has 1 aliphatic carbocycles. The second-order valence-corrected chi connectivity index (χ2v) is 9.58. The molecule has 0 saturated heterocycles. The zero-order valence-corrected chi connectivity index (χ0v) is 20.6. The van der Waals surface area contributed by atoms with Crippen molar-refractivity contribution >= 4 is 33.4 Å². The average molecular weight is 496 g/mol. The van der Waals surface area contributed by atoms with Crippen molar-refractivity contribution in [1.29, 1.82) is 5.26 Å². The summed E-state index contributed by atoms with van der Waals surface area (Å²) in [6, 6.07) is 23.3. The van der Waals surface area contributed by atoms with E-state index in [1.165, 1.54) is 0 Å². The lowest BCUT2D eigenvalue weighted by molar-refractivity contribution is -0.130. The van der Waals surface area contributed by atoms with Crippen LogP contribution in [0.5, 0.6) is 0 Å². The van der Waals surface area contributed by atoms with Gasteiger partial charge in [-0.1, -0.05) is 66.7 Å². The Balaban J connectivity index is 1.33. The molecule has 3 aromatic carbocycles. The first-order valence-corrected chi connectivity index (χ1v) is 12.8. The van der Waals surface area contributed by atoms with Crippen LogP contribution in [0.2, 0.25) is 0 Å². The monoisotopic (exact) mass is 495 g/mol. The molecule has 2 amide bonds. The van der Waals surface area contributed by atoms with Crippen LogP contribution in [0.4, 0.5) is 4.79 Å². The van der Waals surface area contributed by atoms with Gasteiger partial charge in [0, 0.05) is 23.6 Å². The van der Waals surface area contributed by atoms with E-state index in [1.807, 2.05) is 60.1 Å². The third-order valence-corrected chi connectivity index (χ3v) is 7.63. The molecule has 6 nitrogen and oxygen atoms in total. The fourth-order valence-electron chi connectivity index (χ4n) is 4.86. The smallest absolute Gasteiger partial charge is 0.407 e. The number of nitrogens with one attached hydrogen (secondary N) is 1. The molecule has 1 N–H and O–H groups in total. The van der Waals surface area contributed by atoms with Gasteiger partial charge in [-0.05, 0) is 51.6 Å². The van der Waals surface area contributed by atoms with Gasteiger partial charge in [-0.2, -0.15) is 5.26 Å². The number of ether oxygens (including phenoxy) is 1. The van der Waals surface area contributed by atoms with Crippen molar-refractivity contribution in [3.05, 3.63) is 94.9 Å². The molecule has 1 unspecified atom stereocenters. The third-order valence-electron chi connectivity index (χ3n) is 6.62. The number of thiophene rings is 1. The largest absolute Gasteiger partial charge is 0.449 e. The minimum atomic E-state index is -0.918. The molecule has 0 spiro atoms. The number of benzene rings is 3. The quantitative estimate of drug-likeness (QED) is 0.264. The molecule has 1 atom stereocenters. The lowest BCUT2D eigenvalue weighted by Crippen LogP contribution is -2.48. The highest BCUT2D eigenvalue weighted by Gasteiger charge is 2.31. The van der Waals surface area contributed by atoms with Crippen molar-refractivity contribution in [3.63, 3.8) is 0 Å². The maximum Gasteiger partial charge on any atom is 0.407 e. The molecule has 1 aromatic heterocycles. The Morgan fingerprint density at radius 2 is 1.67 bits per heavy atom. The van der Waals surface area contributed by atoms with Gasteiger partial charge in [-0.3, -0.25) is 4.79 Å². The molecule has 7 heteroatoms. The van der Waals surface area contributed by atoms with E-state index in [2.05, 4.69) is 29.6 Å². The van der Waals surface area contributed by atoms with Crippen molar-refractivity contribution < 1.29 is 14.3 Å². The van der Waals surface area contributed by atoms with E-state index in [1.54, 1.807) is 18.3 Å². The number of nitriles is 1. The molecule has 5 rings (SSSR count). The number of likely N-dealkylation sites (N-methyl/N-ethyl adjacent to an activating group) is 1. The molecule has 4 aromatic rings. The lowest BCUT2D eigenvalue weighted by atomic mass is 9.98. The van der Waals surface area contributed by atoms with E-state index < -0.39 is 18.0 Å². The number of carbonyl (C=O) groups excluding carboxylic acids is 2. The first kappa shape index (κ1) is 23.6. The van der Waals surface area contributed by atoms with Crippen LogP contribution in [0.15, 0.2) is 78.2 Å². The molecule has 0 fully saturated rings. The van der Waals surface area contributed by atoms with Crippen LogP contribution in [-0.2, 0) is 16.0 Å². The minimum Gasteiger partial charge on any atom is -0.449 e. The Kier molecular flexibility index (Phi) is 6.70. The lowest BCUT2D eigenvalue weighted by Gasteiger charge is -2.22. The van der Waals surface area contributed by atoms with Crippen molar-refractivity contribution in [3.8, 4) is 17.3 Å². The Morgan fingerprint density at radius 3 is 2.33 bits per heavy atom. The summed E-state index contributed by atoms with van der Waals surface area (Å²) < 4.78 is 6.78. The van der Waals surface area contributed by atoms with Crippen molar-refractivity contribution in [2.24, 2.45) is 0 Å². The predicted molar refractivity (Wildman–Crippen MR) is 141 cm³/mol. The third kappa shape index (κ3) is 4.43. The molecular formula is C29H25N3O3S. The van der Waals surface area contributed by atoms with Gasteiger partial charge in [-0.25, -0.2) is 9.69 Å². The Labute approximate surface area is 213 Å². The van der Waals surface area contributed by atoms with Crippen LogP contribution in [0.25, 0.3) is 21.2 Å². The summed E-state index contributed by atoms with van der Waals surface area (Å²) in [7, 11) is 0. The van der Waals surface area contributed by atoms with Crippen LogP contribution >= 0.6 is 11.3 Å². The summed E-state index contributed by atoms with van der Waals surface area (Å²) in [6.07, 6.45) is 1.51. The molecular weight excluding hydrogens is 470 g/mol. The van der Waals surface area contributed by atoms with Gasteiger partial charge in [0.2, 0.25) is 0 Å². The summed E-state index contributed by atoms with van der Waals surface area (Å²) >= 11 is 1.59. The number of nitrogens with zero attached hydrogens (tertiary/aromatic N) is 2. The number of hydrogen-bond acceptors (Lipinski definition) is 5. The molecule has 180 valence electrons. The number of fused-ring (bicyclic) bond motifs is 4. The summed E-state index contributed by atoms with van der Waals surface area (Å²) in [5, 5.41) is 15.2. The Morgan fingerprint density at radius 1 is 1.03 bits per heavy atom. The van der Waals surface area contributed by atoms with Gasteiger partial charge in [0.25, 0.3) is 5.91 Å². The van der Waals surface area contributed by atoms with Crippen LogP contribution in [0.1, 0.15) is 29.5 Å². The van der Waals surface area contributed by atoms with Gasteiger partial charge in [0.05, 0.1) is 0 Å². The molecule has 0 aliphatic heterocycles. The van der Waals surface area contributed by atoms with E-state index in [4.69, 9.17) is 4.74 Å². The average Bonchev–Trinajstić information content (AvgIpc) is 3.46. The van der Waals surface area contributed by atoms with Crippen LogP contribution in [-0.4, -0.2) is 36.1 Å². The molecule has 1 heterocycles. The second-order valence-electron chi connectivity index (χ2n) is 8.67. The summed E-state index contributed by atoms with van der Waals surface area (Å²) in [5.74, 6) is -0.534. The number of amides is 2. The van der Waals surface area contributed by atoms with E-state index in [0.717, 1.165) is 42.8 Å². The summed E-state index contributed by atoms with van der Waals surface area (Å²) in [6.45, 7) is 2.10. The number of carbonyl (C=O) groups is 2. The minimum absolute atomic E-state index is 0.0793. The highest BCUT2D eigenvalue weighted by molar-refractivity contribution is 7.17. The zero-order valence-electron chi connectivity index (χ0n) is 19.8. The Hall–Kier alpha value is -4.15. The van der Waals surface area contributed by atoms with Crippen molar-refractivity contribution in [2.75, 3.05) is 13.2 Å². The predicted octanol–water partition coefficient (Wildman–Crippen LogP) is 5.68. The summed E-state index contributed by atoms with van der Waals surface area (Å²) in [5.41, 5.74) is 5.47. The van der Waals surface area contributed by atoms with Crippen molar-refractivity contribution in [1.82, 2.24) is 10.2 Å². The highest BCUT2D eigenvalue weighted by atomic mass is 32.1. The number of hydrogen-bond donors (Lipinski definition) is 1. The molecule has 36 heavy (non-hydrogen) atoms. The molecule has 0 bridgehead atoms. The first-order chi connectivity index (χ1) is 17.6. The van der Waals surface area contributed by atoms with Crippen LogP contribution in [0, 0.1) is 11.5 Å². The number of alkyl carbamates (subject to hydrolysis) is 1. The van der Waals surface area contributed by atoms with Crippen LogP contribution in [0.3, 0.4) is 0 Å². The zero-order chi connectivity index (χ0) is 25.1. The second kappa shape index (κ2) is 10.2. The van der Waals surface area contributed by atoms with E-state index >= 15 is 0 Å². The Bertz CT molecular complexity index is 1430.